The fourth-order valence-corrected chi connectivity index (χ4v) is 2.94. The van der Waals surface area contributed by atoms with Crippen LogP contribution in [0.3, 0.4) is 0 Å². The predicted octanol–water partition coefficient (Wildman–Crippen LogP) is 4.97. The van der Waals surface area contributed by atoms with Gasteiger partial charge < -0.3 is 8.98 Å². The highest BCUT2D eigenvalue weighted by molar-refractivity contribution is 5.85. The molecule has 4 nitrogen and oxygen atoms in total. The van der Waals surface area contributed by atoms with E-state index in [4.69, 9.17) is 4.42 Å². The summed E-state index contributed by atoms with van der Waals surface area (Å²) in [6.07, 6.45) is 5.02. The Morgan fingerprint density at radius 3 is 2.60 bits per heavy atom. The number of fused-ring (bicyclic) bond motifs is 1. The van der Waals surface area contributed by atoms with Gasteiger partial charge in [0.2, 0.25) is 5.89 Å². The zero-order chi connectivity index (χ0) is 17.1. The zero-order valence-corrected chi connectivity index (χ0v) is 14.1. The van der Waals surface area contributed by atoms with Crippen LogP contribution in [0.25, 0.3) is 28.6 Å². The van der Waals surface area contributed by atoms with E-state index in [9.17, 15) is 0 Å². The lowest BCUT2D eigenvalue weighted by atomic mass is 10.2. The number of hydrogen-bond donors (Lipinski definition) is 0. The number of aromatic nitrogens is 3. The van der Waals surface area contributed by atoms with Gasteiger partial charge in [0, 0.05) is 23.9 Å². The fourth-order valence-electron chi connectivity index (χ4n) is 2.94. The first-order valence-corrected chi connectivity index (χ1v) is 8.48. The second-order valence-corrected chi connectivity index (χ2v) is 5.87. The highest BCUT2D eigenvalue weighted by Gasteiger charge is 2.15. The first-order chi connectivity index (χ1) is 12.3. The van der Waals surface area contributed by atoms with Crippen molar-refractivity contribution >= 4 is 17.0 Å². The smallest absolute Gasteiger partial charge is 0.264 e. The monoisotopic (exact) mass is 329 g/mol. The lowest BCUT2D eigenvalue weighted by Crippen LogP contribution is -1.97. The van der Waals surface area contributed by atoms with Gasteiger partial charge in [0.1, 0.15) is 5.69 Å². The number of rotatable bonds is 5. The molecule has 0 fully saturated rings. The van der Waals surface area contributed by atoms with E-state index >= 15 is 0 Å². The molecule has 4 heteroatoms. The number of benzene rings is 2. The standard InChI is InChI=1S/C21H19N3O/c1-2-20-22-23-21(25-20)19-15-17-12-6-7-13-18(17)24(19)14-8-11-16-9-4-3-5-10-16/h3-13,15H,2,14H2,1H3/b11-8+. The molecule has 25 heavy (non-hydrogen) atoms. The van der Waals surface area contributed by atoms with Gasteiger partial charge in [-0.1, -0.05) is 67.6 Å². The van der Waals surface area contributed by atoms with Gasteiger partial charge in [-0.15, -0.1) is 10.2 Å². The minimum Gasteiger partial charge on any atom is -0.419 e. The van der Waals surface area contributed by atoms with Crippen LogP contribution in [-0.2, 0) is 13.0 Å². The molecule has 0 spiro atoms. The lowest BCUT2D eigenvalue weighted by Gasteiger charge is -2.05. The minimum atomic E-state index is 0.571. The van der Waals surface area contributed by atoms with Crippen LogP contribution in [0, 0.1) is 0 Å². The summed E-state index contributed by atoms with van der Waals surface area (Å²) in [5, 5.41) is 9.49. The van der Waals surface area contributed by atoms with Crippen LogP contribution in [0.5, 0.6) is 0 Å². The van der Waals surface area contributed by atoms with Crippen LogP contribution in [0.4, 0.5) is 0 Å². The van der Waals surface area contributed by atoms with Gasteiger partial charge in [-0.05, 0) is 17.7 Å². The molecule has 4 rings (SSSR count). The van der Waals surface area contributed by atoms with E-state index in [2.05, 4.69) is 63.3 Å². The normalized spacial score (nSPS) is 11.6. The Balaban J connectivity index is 1.73. The molecule has 0 N–H and O–H groups in total. The van der Waals surface area contributed by atoms with Crippen LogP contribution in [-0.4, -0.2) is 14.8 Å². The molecule has 0 saturated carbocycles. The quantitative estimate of drug-likeness (QED) is 0.519. The molecule has 0 aliphatic rings. The Labute approximate surface area is 146 Å². The topological polar surface area (TPSA) is 43.9 Å². The van der Waals surface area contributed by atoms with Crippen molar-refractivity contribution in [3.8, 4) is 11.6 Å². The van der Waals surface area contributed by atoms with Gasteiger partial charge in [0.05, 0.1) is 0 Å². The largest absolute Gasteiger partial charge is 0.419 e. The van der Waals surface area contributed by atoms with E-state index in [-0.39, 0.29) is 0 Å². The first-order valence-electron chi connectivity index (χ1n) is 8.48. The van der Waals surface area contributed by atoms with E-state index in [1.807, 2.05) is 31.2 Å². The molecule has 0 aliphatic heterocycles. The fraction of sp³-hybridized carbons (Fsp3) is 0.143. The SMILES string of the molecule is CCc1nnc(-c2cc3ccccc3n2C/C=C/c2ccccc2)o1. The number of para-hydroxylation sites is 1. The van der Waals surface area contributed by atoms with E-state index in [1.165, 1.54) is 10.9 Å². The van der Waals surface area contributed by atoms with Crippen molar-refractivity contribution in [3.05, 3.63) is 78.2 Å². The average molecular weight is 329 g/mol. The molecular weight excluding hydrogens is 310 g/mol. The van der Waals surface area contributed by atoms with Gasteiger partial charge in [-0.2, -0.15) is 0 Å². The van der Waals surface area contributed by atoms with Crippen LogP contribution < -0.4 is 0 Å². The van der Waals surface area contributed by atoms with Gasteiger partial charge >= 0.3 is 0 Å². The third kappa shape index (κ3) is 3.11. The third-order valence-electron chi connectivity index (χ3n) is 4.20. The Morgan fingerprint density at radius 1 is 1.00 bits per heavy atom. The van der Waals surface area contributed by atoms with Crippen molar-refractivity contribution in [2.24, 2.45) is 0 Å². The lowest BCUT2D eigenvalue weighted by molar-refractivity contribution is 0.509. The summed E-state index contributed by atoms with van der Waals surface area (Å²) in [5.41, 5.74) is 3.30. The van der Waals surface area contributed by atoms with Crippen LogP contribution >= 0.6 is 0 Å². The third-order valence-corrected chi connectivity index (χ3v) is 4.20. The maximum absolute atomic E-state index is 5.79. The van der Waals surface area contributed by atoms with Crippen molar-refractivity contribution in [1.82, 2.24) is 14.8 Å². The van der Waals surface area contributed by atoms with Crippen molar-refractivity contribution < 1.29 is 4.42 Å². The van der Waals surface area contributed by atoms with Crippen molar-refractivity contribution in [1.29, 1.82) is 0 Å². The summed E-state index contributed by atoms with van der Waals surface area (Å²) in [7, 11) is 0. The van der Waals surface area contributed by atoms with E-state index < -0.39 is 0 Å². The molecule has 2 aromatic heterocycles. The first kappa shape index (κ1) is 15.4. The molecule has 0 saturated heterocycles. The van der Waals surface area contributed by atoms with Crippen LogP contribution in [0.2, 0.25) is 0 Å². The minimum absolute atomic E-state index is 0.571. The molecule has 0 amide bonds. The Bertz CT molecular complexity index is 1010. The summed E-state index contributed by atoms with van der Waals surface area (Å²) in [4.78, 5) is 0. The molecule has 0 atom stereocenters. The second-order valence-electron chi connectivity index (χ2n) is 5.87. The van der Waals surface area contributed by atoms with Crippen molar-refractivity contribution in [2.75, 3.05) is 0 Å². The molecule has 2 aromatic carbocycles. The Kier molecular flexibility index (Phi) is 4.17. The second kappa shape index (κ2) is 6.77. The van der Waals surface area contributed by atoms with Crippen molar-refractivity contribution in [2.45, 2.75) is 19.9 Å². The number of aryl methyl sites for hydroxylation is 1. The zero-order valence-electron chi connectivity index (χ0n) is 14.1. The predicted molar refractivity (Wildman–Crippen MR) is 100 cm³/mol. The average Bonchev–Trinajstić information content (AvgIpc) is 3.27. The van der Waals surface area contributed by atoms with Gasteiger partial charge in [-0.3, -0.25) is 0 Å². The molecular formula is C21H19N3O. The molecule has 0 aliphatic carbocycles. The molecule has 4 aromatic rings. The molecule has 0 bridgehead atoms. The number of hydrogen-bond acceptors (Lipinski definition) is 3. The van der Waals surface area contributed by atoms with Gasteiger partial charge in [-0.25, -0.2) is 0 Å². The van der Waals surface area contributed by atoms with Crippen LogP contribution in [0.15, 0.2) is 71.2 Å². The van der Waals surface area contributed by atoms with Gasteiger partial charge in [0.25, 0.3) is 5.89 Å². The maximum Gasteiger partial charge on any atom is 0.264 e. The molecule has 124 valence electrons. The van der Waals surface area contributed by atoms with Crippen LogP contribution in [0.1, 0.15) is 18.4 Å². The Morgan fingerprint density at radius 2 is 1.80 bits per heavy atom. The highest BCUT2D eigenvalue weighted by atomic mass is 16.4. The molecule has 2 heterocycles. The van der Waals surface area contributed by atoms with E-state index in [0.29, 0.717) is 11.8 Å². The number of nitrogens with zero attached hydrogens (tertiary/aromatic N) is 3. The van der Waals surface area contributed by atoms with E-state index in [0.717, 1.165) is 24.2 Å². The Hall–Kier alpha value is -3.14. The summed E-state index contributed by atoms with van der Waals surface area (Å²) in [6.45, 7) is 2.75. The highest BCUT2D eigenvalue weighted by Crippen LogP contribution is 2.27. The number of allylic oxidation sites excluding steroid dienone is 1. The molecule has 0 unspecified atom stereocenters. The summed E-state index contributed by atoms with van der Waals surface area (Å²) < 4.78 is 8.00. The van der Waals surface area contributed by atoms with Gasteiger partial charge in [0.15, 0.2) is 0 Å². The summed E-state index contributed by atoms with van der Waals surface area (Å²) >= 11 is 0. The van der Waals surface area contributed by atoms with Crippen molar-refractivity contribution in [3.63, 3.8) is 0 Å². The summed E-state index contributed by atoms with van der Waals surface area (Å²) in [6, 6.07) is 20.7. The summed E-state index contributed by atoms with van der Waals surface area (Å²) in [5.74, 6) is 1.23. The van der Waals surface area contributed by atoms with E-state index in [1.54, 1.807) is 0 Å². The molecule has 0 radical (unpaired) electrons. The maximum atomic E-state index is 5.79.